The third-order valence-corrected chi connectivity index (χ3v) is 0. The van der Waals surface area contributed by atoms with Crippen LogP contribution in [0.1, 0.15) is 13.8 Å². The predicted octanol–water partition coefficient (Wildman–Crippen LogP) is 0.792. The van der Waals surface area contributed by atoms with Crippen molar-refractivity contribution in [2.24, 2.45) is 0 Å². The van der Waals surface area contributed by atoms with E-state index in [0.717, 1.165) is 4.23 Å². The van der Waals surface area contributed by atoms with E-state index in [1.807, 2.05) is 13.8 Å². The average Bonchev–Trinajstić information content (AvgIpc) is 1.33. The molecule has 0 radical (unpaired) electrons. The van der Waals surface area contributed by atoms with E-state index in [2.05, 4.69) is 45.6 Å². The average molecular weight is 170 g/mol. The molecule has 0 spiro atoms. The van der Waals surface area contributed by atoms with Gasteiger partial charge in [-0.25, -0.2) is 0 Å². The fourth-order valence-electron chi connectivity index (χ4n) is 0. The van der Waals surface area contributed by atoms with Crippen molar-refractivity contribution in [3.63, 3.8) is 0 Å². The first-order chi connectivity index (χ1) is 3.15. The summed E-state index contributed by atoms with van der Waals surface area (Å²) in [5.74, 6) is 0. The van der Waals surface area contributed by atoms with Crippen LogP contribution in [0, 0.1) is 6.92 Å². The van der Waals surface area contributed by atoms with E-state index in [0.29, 0.717) is 0 Å². The van der Waals surface area contributed by atoms with E-state index < -0.39 is 0 Å². The van der Waals surface area contributed by atoms with Gasteiger partial charge in [-0.3, -0.25) is 0 Å². The molecule has 0 aromatic rings. The second-order valence-electron chi connectivity index (χ2n) is 0.959. The molecule has 0 aliphatic heterocycles. The first-order valence-electron chi connectivity index (χ1n) is 1.80. The van der Waals surface area contributed by atoms with Gasteiger partial charge in [0.15, 0.2) is 0 Å². The zero-order valence-electron chi connectivity index (χ0n) is 4.60. The topological polar surface area (TPSA) is 0 Å². The van der Waals surface area contributed by atoms with Crippen LogP contribution in [-0.2, 0) is 34.0 Å². The van der Waals surface area contributed by atoms with Crippen LogP contribution in [0.25, 0.3) is 0 Å². The monoisotopic (exact) mass is 170 g/mol. The summed E-state index contributed by atoms with van der Waals surface area (Å²) in [6.07, 6.45) is 0. The fourth-order valence-corrected chi connectivity index (χ4v) is 0. The zero-order valence-corrected chi connectivity index (χ0v) is 7.39. The molecule has 40 valence electrons. The molecule has 2 heteroatoms. The van der Waals surface area contributed by atoms with Crippen molar-refractivity contribution in [2.45, 2.75) is 13.8 Å². The third-order valence-electron chi connectivity index (χ3n) is 0. The Labute approximate surface area is 63.7 Å². The van der Waals surface area contributed by atoms with Gasteiger partial charge in [-0.05, 0) is 0 Å². The summed E-state index contributed by atoms with van der Waals surface area (Å²) in [6, 6.07) is 0. The molecule has 0 saturated carbocycles. The summed E-state index contributed by atoms with van der Waals surface area (Å²) in [6.45, 7) is 7.32. The molecule has 0 heterocycles. The van der Waals surface area contributed by atoms with Gasteiger partial charge in [0.1, 0.15) is 0 Å². The molecule has 0 fully saturated rings. The van der Waals surface area contributed by atoms with Gasteiger partial charge in [-0.2, -0.15) is 0 Å². The van der Waals surface area contributed by atoms with Gasteiger partial charge in [-0.1, -0.05) is 0 Å². The van der Waals surface area contributed by atoms with Gasteiger partial charge >= 0.3 is 63.7 Å². The standard InChI is InChI=1S/C3H5.C2H3.2V/c1-3-2;1-2;;/h1H2,2H3;1H3;;/q2*-1;;. The summed E-state index contributed by atoms with van der Waals surface area (Å²) in [7, 11) is 0. The summed E-state index contributed by atoms with van der Waals surface area (Å²) < 4.78 is 3.79. The Morgan fingerprint density at radius 3 is 1.71 bits per heavy atom. The molecule has 0 atom stereocenters. The number of rotatable bonds is 0. The van der Waals surface area contributed by atoms with Crippen LogP contribution < -0.4 is 0 Å². The van der Waals surface area contributed by atoms with Crippen LogP contribution in [-0.4, -0.2) is 8.96 Å². The van der Waals surface area contributed by atoms with Crippen molar-refractivity contribution in [3.8, 4) is 0 Å². The van der Waals surface area contributed by atoms with Crippen molar-refractivity contribution >= 4 is 8.96 Å². The van der Waals surface area contributed by atoms with Crippen LogP contribution in [0.2, 0.25) is 0 Å². The van der Waals surface area contributed by atoms with Crippen LogP contribution in [0.4, 0.5) is 0 Å². The summed E-state index contributed by atoms with van der Waals surface area (Å²) >= 11 is 4.56. The van der Waals surface area contributed by atoms with Gasteiger partial charge in [-0.15, -0.1) is 0 Å². The molecule has 0 aliphatic rings. The van der Waals surface area contributed by atoms with Crippen LogP contribution in [0.3, 0.4) is 0 Å². The van der Waals surface area contributed by atoms with Crippen molar-refractivity contribution in [3.05, 3.63) is 6.92 Å². The molecule has 0 saturated heterocycles. The van der Waals surface area contributed by atoms with Crippen molar-refractivity contribution < 1.29 is 34.0 Å². The van der Waals surface area contributed by atoms with E-state index in [1.54, 1.807) is 0 Å². The maximum atomic E-state index is 3.53. The minimum absolute atomic E-state index is 1.10. The Hall–Kier alpha value is 0.909. The minimum atomic E-state index is 1.10. The van der Waals surface area contributed by atoms with E-state index in [1.165, 1.54) is 0 Å². The third kappa shape index (κ3) is 202. The quantitative estimate of drug-likeness (QED) is 0.471. The summed E-state index contributed by atoms with van der Waals surface area (Å²) in [5.41, 5.74) is 0. The van der Waals surface area contributed by atoms with Gasteiger partial charge in [0, 0.05) is 0 Å². The molecule has 0 bridgehead atoms. The fraction of sp³-hybridized carbons (Fsp3) is 0.400. The van der Waals surface area contributed by atoms with Gasteiger partial charge < -0.3 is 0 Å². The van der Waals surface area contributed by atoms with E-state index in [9.17, 15) is 0 Å². The first-order valence-corrected chi connectivity index (χ1v) is 3.20. The van der Waals surface area contributed by atoms with Gasteiger partial charge in [0.25, 0.3) is 0 Å². The van der Waals surface area contributed by atoms with Crippen LogP contribution >= 0.6 is 0 Å². The molecule has 0 rings (SSSR count). The molecule has 0 unspecified atom stereocenters. The molecule has 0 aromatic heterocycles. The number of hydrogen-bond acceptors (Lipinski definition) is 0. The molecule has 0 N–H and O–H groups in total. The zero-order chi connectivity index (χ0) is 6.28. The normalized spacial score (nSPS) is 5.29. The molecular formula is C5H8V2-2. The number of hydrogen-bond donors (Lipinski definition) is 0. The Morgan fingerprint density at radius 1 is 1.71 bits per heavy atom. The van der Waals surface area contributed by atoms with Crippen LogP contribution in [0.5, 0.6) is 0 Å². The van der Waals surface area contributed by atoms with E-state index in [-0.39, 0.29) is 0 Å². The van der Waals surface area contributed by atoms with Crippen molar-refractivity contribution in [2.75, 3.05) is 0 Å². The Morgan fingerprint density at radius 2 is 1.71 bits per heavy atom. The van der Waals surface area contributed by atoms with Gasteiger partial charge in [0.2, 0.25) is 0 Å². The second kappa shape index (κ2) is 10.0. The van der Waals surface area contributed by atoms with Crippen LogP contribution in [0.15, 0.2) is 0 Å². The molecule has 0 amide bonds. The predicted molar refractivity (Wildman–Crippen MR) is 26.7 cm³/mol. The Bertz CT molecular complexity index is 53.1. The molecule has 0 aromatic carbocycles. The Balaban J connectivity index is 0. The summed E-state index contributed by atoms with van der Waals surface area (Å²) in [5, 5.41) is 0. The molecule has 0 aliphatic carbocycles. The van der Waals surface area contributed by atoms with E-state index >= 15 is 0 Å². The second-order valence-corrected chi connectivity index (χ2v) is 2.85. The SMILES string of the molecule is C[C-]=[V].[CH2-][C](C)=[V]. The van der Waals surface area contributed by atoms with Crippen molar-refractivity contribution in [1.29, 1.82) is 0 Å². The molecular weight excluding hydrogens is 162 g/mol. The maximum absolute atomic E-state index is 3.53. The Kier molecular flexibility index (Phi) is 15.5. The van der Waals surface area contributed by atoms with E-state index in [4.69, 9.17) is 0 Å². The van der Waals surface area contributed by atoms with Crippen molar-refractivity contribution in [1.82, 2.24) is 0 Å². The molecule has 0 nitrogen and oxygen atoms in total. The molecule has 7 heavy (non-hydrogen) atoms. The first kappa shape index (κ1) is 10.8. The van der Waals surface area contributed by atoms with Gasteiger partial charge in [0.05, 0.1) is 0 Å². The summed E-state index contributed by atoms with van der Waals surface area (Å²) in [4.78, 5) is 0.